The van der Waals surface area contributed by atoms with E-state index in [0.29, 0.717) is 40.4 Å². The highest BCUT2D eigenvalue weighted by Crippen LogP contribution is 2.40. The fourth-order valence-corrected chi connectivity index (χ4v) is 4.01. The van der Waals surface area contributed by atoms with Crippen molar-refractivity contribution in [3.63, 3.8) is 0 Å². The molecule has 0 spiro atoms. The maximum atomic E-state index is 12.7. The number of carboxylic acids is 1. The SMILES string of the molecule is CC(=O)O.COc1cc(C(Cc2ccc(C(=N)N)cc2)c2nn(-c3ncccn3)c(=O)[nH]2)cc2c1OCC2=O. The van der Waals surface area contributed by atoms with Crippen molar-refractivity contribution >= 4 is 17.6 Å². The van der Waals surface area contributed by atoms with Crippen LogP contribution in [0.5, 0.6) is 11.5 Å². The number of nitrogen functional groups attached to an aromatic ring is 1. The van der Waals surface area contributed by atoms with Gasteiger partial charge in [0.2, 0.25) is 5.78 Å². The molecule has 13 heteroatoms. The predicted octanol–water partition coefficient (Wildman–Crippen LogP) is 1.68. The number of benzene rings is 2. The van der Waals surface area contributed by atoms with Gasteiger partial charge in [0.1, 0.15) is 11.7 Å². The zero-order valence-electron chi connectivity index (χ0n) is 21.0. The summed E-state index contributed by atoms with van der Waals surface area (Å²) >= 11 is 0. The zero-order valence-corrected chi connectivity index (χ0v) is 21.0. The Morgan fingerprint density at radius 2 is 1.90 bits per heavy atom. The van der Waals surface area contributed by atoms with E-state index in [1.54, 1.807) is 30.3 Å². The molecule has 0 aliphatic carbocycles. The minimum absolute atomic E-state index is 0.0269. The van der Waals surface area contributed by atoms with E-state index < -0.39 is 17.6 Å². The van der Waals surface area contributed by atoms with Gasteiger partial charge < -0.3 is 20.3 Å². The molecule has 0 bridgehead atoms. The molecule has 3 heterocycles. The maximum absolute atomic E-state index is 12.7. The van der Waals surface area contributed by atoms with E-state index in [1.807, 2.05) is 12.1 Å². The summed E-state index contributed by atoms with van der Waals surface area (Å²) in [7, 11) is 1.50. The van der Waals surface area contributed by atoms with Crippen LogP contribution in [0.1, 0.15) is 45.7 Å². The van der Waals surface area contributed by atoms with Crippen LogP contribution in [0.3, 0.4) is 0 Å². The number of rotatable bonds is 7. The van der Waals surface area contributed by atoms with Crippen LogP contribution in [-0.2, 0) is 11.2 Å². The molecule has 2 aromatic heterocycles. The first-order valence-corrected chi connectivity index (χ1v) is 11.6. The van der Waals surface area contributed by atoms with Gasteiger partial charge in [0, 0.05) is 30.8 Å². The number of fused-ring (bicyclic) bond motifs is 1. The van der Waals surface area contributed by atoms with Crippen LogP contribution in [0.4, 0.5) is 0 Å². The van der Waals surface area contributed by atoms with Crippen molar-refractivity contribution in [3.8, 4) is 17.4 Å². The van der Waals surface area contributed by atoms with E-state index in [9.17, 15) is 9.59 Å². The molecule has 200 valence electrons. The minimum Gasteiger partial charge on any atom is -0.493 e. The second kappa shape index (κ2) is 11.4. The monoisotopic (exact) mass is 531 g/mol. The Bertz CT molecular complexity index is 1570. The van der Waals surface area contributed by atoms with Crippen molar-refractivity contribution in [2.75, 3.05) is 13.7 Å². The molecule has 39 heavy (non-hydrogen) atoms. The van der Waals surface area contributed by atoms with Gasteiger partial charge in [0.15, 0.2) is 18.1 Å². The van der Waals surface area contributed by atoms with Crippen LogP contribution >= 0.6 is 0 Å². The number of carboxylic acid groups (broad SMARTS) is 1. The first-order valence-electron chi connectivity index (χ1n) is 11.6. The molecule has 4 aromatic rings. The number of nitrogens with zero attached hydrogens (tertiary/aromatic N) is 4. The molecule has 2 aromatic carbocycles. The number of carbonyl (C=O) groups is 2. The molecule has 0 saturated heterocycles. The molecule has 1 atom stereocenters. The van der Waals surface area contributed by atoms with Crippen molar-refractivity contribution in [2.45, 2.75) is 19.3 Å². The summed E-state index contributed by atoms with van der Waals surface area (Å²) in [4.78, 5) is 45.2. The topological polar surface area (TPSA) is 199 Å². The number of H-pyrrole nitrogens is 1. The predicted molar refractivity (Wildman–Crippen MR) is 139 cm³/mol. The second-order valence-electron chi connectivity index (χ2n) is 8.47. The van der Waals surface area contributed by atoms with Gasteiger partial charge in [0.25, 0.3) is 11.9 Å². The van der Waals surface area contributed by atoms with Crippen LogP contribution in [-0.4, -0.2) is 61.1 Å². The Labute approximate surface area is 221 Å². The fraction of sp³-hybridized carbons (Fsp3) is 0.192. The average molecular weight is 532 g/mol. The number of aliphatic carboxylic acids is 1. The average Bonchev–Trinajstić information content (AvgIpc) is 3.49. The molecule has 1 aliphatic rings. The second-order valence-corrected chi connectivity index (χ2v) is 8.47. The summed E-state index contributed by atoms with van der Waals surface area (Å²) in [6, 6.07) is 12.4. The van der Waals surface area contributed by atoms with Gasteiger partial charge in [-0.3, -0.25) is 20.0 Å². The van der Waals surface area contributed by atoms with Gasteiger partial charge in [-0.25, -0.2) is 14.8 Å². The Kier molecular flexibility index (Phi) is 7.80. The van der Waals surface area contributed by atoms with Crippen LogP contribution in [0, 0.1) is 5.41 Å². The number of methoxy groups -OCH3 is 1. The Balaban J connectivity index is 0.000000826. The van der Waals surface area contributed by atoms with Crippen LogP contribution < -0.4 is 20.9 Å². The van der Waals surface area contributed by atoms with Crippen LogP contribution in [0.15, 0.2) is 59.7 Å². The summed E-state index contributed by atoms with van der Waals surface area (Å²) in [5, 5.41) is 19.5. The third-order valence-electron chi connectivity index (χ3n) is 5.76. The number of carbonyl (C=O) groups excluding carboxylic acids is 1. The van der Waals surface area contributed by atoms with E-state index in [2.05, 4.69) is 20.1 Å². The third kappa shape index (κ3) is 5.98. The zero-order chi connectivity index (χ0) is 28.1. The molecule has 5 N–H and O–H groups in total. The lowest BCUT2D eigenvalue weighted by Crippen LogP contribution is -2.18. The molecule has 0 saturated carbocycles. The lowest BCUT2D eigenvalue weighted by atomic mass is 9.89. The largest absolute Gasteiger partial charge is 0.493 e. The van der Waals surface area contributed by atoms with E-state index in [1.165, 1.54) is 19.5 Å². The Morgan fingerprint density at radius 3 is 2.51 bits per heavy atom. The first kappa shape index (κ1) is 26.7. The molecular formula is C26H25N7O6. The van der Waals surface area contributed by atoms with Crippen LogP contribution in [0.2, 0.25) is 0 Å². The molecule has 1 unspecified atom stereocenters. The molecule has 0 fully saturated rings. The van der Waals surface area contributed by atoms with Gasteiger partial charge in [-0.2, -0.15) is 0 Å². The summed E-state index contributed by atoms with van der Waals surface area (Å²) < 4.78 is 12.1. The number of amidine groups is 1. The summed E-state index contributed by atoms with van der Waals surface area (Å²) in [5.41, 5.74) is 7.74. The Hall–Kier alpha value is -5.33. The normalized spacial score (nSPS) is 12.5. The first-order chi connectivity index (χ1) is 18.7. The highest BCUT2D eigenvalue weighted by molar-refractivity contribution is 6.03. The van der Waals surface area contributed by atoms with E-state index in [4.69, 9.17) is 30.5 Å². The van der Waals surface area contributed by atoms with Crippen molar-refractivity contribution < 1.29 is 24.2 Å². The summed E-state index contributed by atoms with van der Waals surface area (Å²) in [6.07, 6.45) is 3.47. The van der Waals surface area contributed by atoms with Crippen molar-refractivity contribution in [2.24, 2.45) is 5.73 Å². The fourth-order valence-electron chi connectivity index (χ4n) is 4.01. The molecule has 13 nitrogen and oxygen atoms in total. The molecule has 5 rings (SSSR count). The van der Waals surface area contributed by atoms with Gasteiger partial charge in [-0.15, -0.1) is 9.78 Å². The summed E-state index contributed by atoms with van der Waals surface area (Å²) in [5.74, 6) is -0.132. The lowest BCUT2D eigenvalue weighted by molar-refractivity contribution is -0.134. The van der Waals surface area contributed by atoms with Gasteiger partial charge >= 0.3 is 5.69 Å². The van der Waals surface area contributed by atoms with Crippen LogP contribution in [0.25, 0.3) is 5.95 Å². The standard InChI is InChI=1S/C24H21N7O4.C2H4O2/c1-34-19-11-15(10-17-18(32)12-35-20(17)19)16(9-13-3-5-14(6-4-13)21(25)26)22-29-24(33)31(30-22)23-27-7-2-8-28-23;1-2(3)4/h2-8,10-11,16H,9,12H2,1H3,(H3,25,26)(H,29,30,33);1H3,(H,3,4). The Morgan fingerprint density at radius 1 is 1.23 bits per heavy atom. The highest BCUT2D eigenvalue weighted by atomic mass is 16.5. The van der Waals surface area contributed by atoms with Gasteiger partial charge in [-0.1, -0.05) is 24.3 Å². The number of hydrogen-bond acceptors (Lipinski definition) is 9. The third-order valence-corrected chi connectivity index (χ3v) is 5.76. The van der Waals surface area contributed by atoms with E-state index in [-0.39, 0.29) is 24.2 Å². The number of aromatic amines is 1. The van der Waals surface area contributed by atoms with Crippen molar-refractivity contribution in [1.82, 2.24) is 24.7 Å². The van der Waals surface area contributed by atoms with Crippen molar-refractivity contribution in [1.29, 1.82) is 5.41 Å². The molecule has 1 aliphatic heterocycles. The number of aromatic nitrogens is 5. The van der Waals surface area contributed by atoms with E-state index >= 15 is 0 Å². The molecule has 0 amide bonds. The molecular weight excluding hydrogens is 506 g/mol. The number of hydrogen-bond donors (Lipinski definition) is 4. The number of nitrogens with two attached hydrogens (primary N) is 1. The maximum Gasteiger partial charge on any atom is 0.350 e. The number of nitrogens with one attached hydrogen (secondary N) is 2. The van der Waals surface area contributed by atoms with Gasteiger partial charge in [0.05, 0.1) is 12.7 Å². The number of Topliss-reactive ketones (excluding diaryl/α,β-unsaturated/α-hetero) is 1. The lowest BCUT2D eigenvalue weighted by Gasteiger charge is -2.17. The van der Waals surface area contributed by atoms with E-state index in [0.717, 1.165) is 17.2 Å². The number of ketones is 1. The summed E-state index contributed by atoms with van der Waals surface area (Å²) in [6.45, 7) is 1.03. The number of ether oxygens (including phenoxy) is 2. The quantitative estimate of drug-likeness (QED) is 0.201. The highest BCUT2D eigenvalue weighted by Gasteiger charge is 2.29. The van der Waals surface area contributed by atoms with Crippen molar-refractivity contribution in [3.05, 3.63) is 93.4 Å². The molecule has 0 radical (unpaired) electrons. The van der Waals surface area contributed by atoms with Gasteiger partial charge in [-0.05, 0) is 35.7 Å². The smallest absolute Gasteiger partial charge is 0.350 e. The minimum atomic E-state index is -0.833.